The minimum atomic E-state index is 0.249. The number of thiazole rings is 1. The fraction of sp³-hybridized carbons (Fsp3) is 0.357. The quantitative estimate of drug-likeness (QED) is 0.932. The molecule has 5 heteroatoms. The van der Waals surface area contributed by atoms with Gasteiger partial charge in [-0.25, -0.2) is 4.98 Å². The first-order chi connectivity index (χ1) is 9.22. The van der Waals surface area contributed by atoms with Crippen molar-refractivity contribution in [3.63, 3.8) is 0 Å². The second kappa shape index (κ2) is 5.19. The second-order valence-electron chi connectivity index (χ2n) is 4.58. The van der Waals surface area contributed by atoms with Crippen LogP contribution in [-0.4, -0.2) is 11.8 Å². The molecule has 1 unspecified atom stereocenters. The van der Waals surface area contributed by atoms with Gasteiger partial charge in [-0.05, 0) is 31.5 Å². The van der Waals surface area contributed by atoms with Crippen LogP contribution in [0, 0.1) is 6.92 Å². The van der Waals surface area contributed by atoms with Crippen LogP contribution < -0.4 is 14.8 Å². The molecule has 1 aromatic carbocycles. The number of hydrogen-bond donors (Lipinski definition) is 1. The Kier molecular flexibility index (Phi) is 3.40. The van der Waals surface area contributed by atoms with Crippen LogP contribution in [0.15, 0.2) is 24.4 Å². The Balaban J connectivity index is 1.65. The van der Waals surface area contributed by atoms with Crippen molar-refractivity contribution in [1.29, 1.82) is 0 Å². The van der Waals surface area contributed by atoms with E-state index in [0.717, 1.165) is 23.1 Å². The molecule has 3 rings (SSSR count). The number of ether oxygens (including phenoxy) is 2. The first-order valence-electron chi connectivity index (χ1n) is 6.26. The van der Waals surface area contributed by atoms with Crippen molar-refractivity contribution in [3.8, 4) is 11.5 Å². The molecule has 4 nitrogen and oxygen atoms in total. The molecule has 0 amide bonds. The lowest BCUT2D eigenvalue weighted by Crippen LogP contribution is -2.17. The Hall–Kier alpha value is -1.59. The first kappa shape index (κ1) is 12.4. The van der Waals surface area contributed by atoms with Crippen molar-refractivity contribution in [2.24, 2.45) is 0 Å². The number of benzene rings is 1. The van der Waals surface area contributed by atoms with Crippen LogP contribution in [-0.2, 0) is 6.54 Å². The van der Waals surface area contributed by atoms with Crippen LogP contribution in [0.3, 0.4) is 0 Å². The van der Waals surface area contributed by atoms with E-state index in [1.54, 1.807) is 11.3 Å². The maximum absolute atomic E-state index is 5.40. The van der Waals surface area contributed by atoms with Gasteiger partial charge in [0.05, 0.1) is 0 Å². The van der Waals surface area contributed by atoms with Crippen molar-refractivity contribution >= 4 is 11.3 Å². The molecule has 1 aromatic heterocycles. The lowest BCUT2D eigenvalue weighted by molar-refractivity contribution is 0.174. The van der Waals surface area contributed by atoms with E-state index in [1.807, 2.05) is 18.3 Å². The van der Waals surface area contributed by atoms with Crippen LogP contribution >= 0.6 is 11.3 Å². The molecule has 19 heavy (non-hydrogen) atoms. The molecule has 0 aliphatic carbocycles. The molecule has 100 valence electrons. The molecular formula is C14H16N2O2S. The van der Waals surface area contributed by atoms with E-state index < -0.39 is 0 Å². The van der Waals surface area contributed by atoms with Gasteiger partial charge in [0, 0.05) is 23.7 Å². The Morgan fingerprint density at radius 3 is 3.00 bits per heavy atom. The third-order valence-electron chi connectivity index (χ3n) is 3.13. The summed E-state index contributed by atoms with van der Waals surface area (Å²) in [7, 11) is 0. The third kappa shape index (κ3) is 2.72. The zero-order valence-corrected chi connectivity index (χ0v) is 11.8. The Morgan fingerprint density at radius 1 is 1.37 bits per heavy atom. The van der Waals surface area contributed by atoms with Crippen molar-refractivity contribution in [1.82, 2.24) is 10.3 Å². The maximum Gasteiger partial charge on any atom is 0.231 e. The van der Waals surface area contributed by atoms with Crippen LogP contribution in [0.2, 0.25) is 0 Å². The molecule has 0 saturated heterocycles. The van der Waals surface area contributed by atoms with E-state index in [4.69, 9.17) is 9.47 Å². The van der Waals surface area contributed by atoms with E-state index >= 15 is 0 Å². The van der Waals surface area contributed by atoms with Gasteiger partial charge in [0.15, 0.2) is 11.5 Å². The number of fused-ring (bicyclic) bond motifs is 1. The highest BCUT2D eigenvalue weighted by molar-refractivity contribution is 7.11. The molecule has 1 N–H and O–H groups in total. The summed E-state index contributed by atoms with van der Waals surface area (Å²) in [5, 5.41) is 4.59. The van der Waals surface area contributed by atoms with Gasteiger partial charge < -0.3 is 14.8 Å². The van der Waals surface area contributed by atoms with E-state index in [9.17, 15) is 0 Å². The van der Waals surface area contributed by atoms with Crippen molar-refractivity contribution < 1.29 is 9.47 Å². The number of aromatic nitrogens is 1. The molecule has 0 bridgehead atoms. The van der Waals surface area contributed by atoms with Crippen molar-refractivity contribution in [2.45, 2.75) is 26.4 Å². The predicted octanol–water partition coefficient (Wildman–Crippen LogP) is 3.03. The van der Waals surface area contributed by atoms with Crippen molar-refractivity contribution in [2.75, 3.05) is 6.79 Å². The topological polar surface area (TPSA) is 43.4 Å². The molecule has 0 fully saturated rings. The smallest absolute Gasteiger partial charge is 0.231 e. The average molecular weight is 276 g/mol. The van der Waals surface area contributed by atoms with Gasteiger partial charge in [0.1, 0.15) is 5.01 Å². The minimum Gasteiger partial charge on any atom is -0.454 e. The zero-order valence-electron chi connectivity index (χ0n) is 11.0. The van der Waals surface area contributed by atoms with Gasteiger partial charge in [0.2, 0.25) is 6.79 Å². The number of rotatable bonds is 4. The fourth-order valence-corrected chi connectivity index (χ4v) is 2.76. The van der Waals surface area contributed by atoms with Gasteiger partial charge in [-0.2, -0.15) is 0 Å². The minimum absolute atomic E-state index is 0.249. The first-order valence-corrected chi connectivity index (χ1v) is 7.08. The molecule has 1 aliphatic heterocycles. The second-order valence-corrected chi connectivity index (χ2v) is 5.90. The zero-order chi connectivity index (χ0) is 13.2. The molecule has 0 radical (unpaired) electrons. The van der Waals surface area contributed by atoms with Gasteiger partial charge in [-0.15, -0.1) is 11.3 Å². The fourth-order valence-electron chi connectivity index (χ4n) is 2.02. The number of nitrogens with zero attached hydrogens (tertiary/aromatic N) is 1. The molecular weight excluding hydrogens is 260 g/mol. The lowest BCUT2D eigenvalue weighted by atomic mass is 10.1. The average Bonchev–Trinajstić information content (AvgIpc) is 3.03. The largest absolute Gasteiger partial charge is 0.454 e. The van der Waals surface area contributed by atoms with Crippen LogP contribution in [0.25, 0.3) is 0 Å². The molecule has 0 saturated carbocycles. The highest BCUT2D eigenvalue weighted by Crippen LogP contribution is 2.34. The Morgan fingerprint density at radius 2 is 2.21 bits per heavy atom. The van der Waals surface area contributed by atoms with E-state index in [1.165, 1.54) is 10.4 Å². The number of aryl methyl sites for hydroxylation is 1. The number of nitrogens with one attached hydrogen (secondary N) is 1. The normalized spacial score (nSPS) is 14.6. The summed E-state index contributed by atoms with van der Waals surface area (Å²) < 4.78 is 10.7. The maximum atomic E-state index is 5.40. The molecule has 0 spiro atoms. The summed E-state index contributed by atoms with van der Waals surface area (Å²) in [5.41, 5.74) is 1.19. The van der Waals surface area contributed by atoms with E-state index in [0.29, 0.717) is 6.79 Å². The standard InChI is InChI=1S/C14H16N2O2S/c1-9-6-16-14(19-9)7-15-10(2)11-3-4-12-13(5-11)18-8-17-12/h3-6,10,15H,7-8H2,1-2H3. The molecule has 2 heterocycles. The molecule has 1 atom stereocenters. The van der Waals surface area contributed by atoms with Gasteiger partial charge in [0.25, 0.3) is 0 Å². The van der Waals surface area contributed by atoms with E-state index in [2.05, 4.69) is 30.2 Å². The molecule has 1 aliphatic rings. The monoisotopic (exact) mass is 276 g/mol. The summed E-state index contributed by atoms with van der Waals surface area (Å²) in [4.78, 5) is 5.59. The number of hydrogen-bond acceptors (Lipinski definition) is 5. The highest BCUT2D eigenvalue weighted by atomic mass is 32.1. The summed E-state index contributed by atoms with van der Waals surface area (Å²) in [6.45, 7) is 5.31. The van der Waals surface area contributed by atoms with Crippen molar-refractivity contribution in [3.05, 3.63) is 39.8 Å². The van der Waals surface area contributed by atoms with Crippen LogP contribution in [0.1, 0.15) is 28.4 Å². The SMILES string of the molecule is Cc1cnc(CNC(C)c2ccc3c(c2)OCO3)s1. The Labute approximate surface area is 116 Å². The predicted molar refractivity (Wildman–Crippen MR) is 74.7 cm³/mol. The van der Waals surface area contributed by atoms with Gasteiger partial charge in [-0.1, -0.05) is 6.07 Å². The summed E-state index contributed by atoms with van der Waals surface area (Å²) in [5.74, 6) is 1.66. The summed E-state index contributed by atoms with van der Waals surface area (Å²) >= 11 is 1.73. The summed E-state index contributed by atoms with van der Waals surface area (Å²) in [6.07, 6.45) is 1.91. The lowest BCUT2D eigenvalue weighted by Gasteiger charge is -2.13. The van der Waals surface area contributed by atoms with Gasteiger partial charge >= 0.3 is 0 Å². The Bertz CT molecular complexity index is 583. The van der Waals surface area contributed by atoms with E-state index in [-0.39, 0.29) is 6.04 Å². The highest BCUT2D eigenvalue weighted by Gasteiger charge is 2.15. The van der Waals surface area contributed by atoms with Crippen LogP contribution in [0.5, 0.6) is 11.5 Å². The van der Waals surface area contributed by atoms with Crippen LogP contribution in [0.4, 0.5) is 0 Å². The van der Waals surface area contributed by atoms with Gasteiger partial charge in [-0.3, -0.25) is 0 Å². The third-order valence-corrected chi connectivity index (χ3v) is 4.04. The molecule has 2 aromatic rings. The summed E-state index contributed by atoms with van der Waals surface area (Å²) in [6, 6.07) is 6.31.